The molecular formula is C20H21N5O5S. The van der Waals surface area contributed by atoms with Gasteiger partial charge in [-0.25, -0.2) is 4.98 Å². The highest BCUT2D eigenvalue weighted by atomic mass is 32.1. The van der Waals surface area contributed by atoms with Crippen molar-refractivity contribution in [1.29, 1.82) is 0 Å². The third-order valence-corrected chi connectivity index (χ3v) is 6.03. The Morgan fingerprint density at radius 3 is 2.65 bits per heavy atom. The second kappa shape index (κ2) is 8.64. The predicted molar refractivity (Wildman–Crippen MR) is 118 cm³/mol. The van der Waals surface area contributed by atoms with Crippen LogP contribution in [0.3, 0.4) is 0 Å². The fourth-order valence-electron chi connectivity index (χ4n) is 3.26. The van der Waals surface area contributed by atoms with Crippen molar-refractivity contribution in [1.82, 2.24) is 9.55 Å². The first-order chi connectivity index (χ1) is 14.6. The number of nitrogens with one attached hydrogen (secondary N) is 1. The number of fused-ring (bicyclic) bond motifs is 1. The molecule has 0 saturated heterocycles. The number of carbonyl (C=O) groups is 2. The van der Waals surface area contributed by atoms with Crippen LogP contribution in [0.1, 0.15) is 40.0 Å². The SMILES string of the molecule is CCCc1nc2sc(C(N)=O)c(C)c2c(=O)n1CC(=O)Nc1cc([N+](=O)[O-])ccc1C. The average molecular weight is 443 g/mol. The molecule has 0 fully saturated rings. The molecule has 11 heteroatoms. The van der Waals surface area contributed by atoms with Gasteiger partial charge in [-0.15, -0.1) is 11.3 Å². The zero-order valence-electron chi connectivity index (χ0n) is 17.2. The van der Waals surface area contributed by atoms with E-state index >= 15 is 0 Å². The number of nitrogens with two attached hydrogens (primary N) is 1. The lowest BCUT2D eigenvalue weighted by molar-refractivity contribution is -0.384. The van der Waals surface area contributed by atoms with E-state index in [-0.39, 0.29) is 22.5 Å². The first-order valence-corrected chi connectivity index (χ1v) is 10.3. The number of hydrogen-bond acceptors (Lipinski definition) is 7. The summed E-state index contributed by atoms with van der Waals surface area (Å²) in [4.78, 5) is 53.2. The summed E-state index contributed by atoms with van der Waals surface area (Å²) < 4.78 is 1.28. The van der Waals surface area contributed by atoms with Gasteiger partial charge >= 0.3 is 0 Å². The standard InChI is InChI=1S/C20H21N5O5S/c1-4-5-14-23-19-16(11(3)17(31-19)18(21)27)20(28)24(14)9-15(26)22-13-8-12(25(29)30)7-6-10(13)2/h6-8H,4-5,9H2,1-3H3,(H2,21,27)(H,22,26). The second-order valence-electron chi connectivity index (χ2n) is 7.07. The van der Waals surface area contributed by atoms with Gasteiger partial charge in [-0.2, -0.15) is 0 Å². The fourth-order valence-corrected chi connectivity index (χ4v) is 4.31. The zero-order chi connectivity index (χ0) is 22.9. The summed E-state index contributed by atoms with van der Waals surface area (Å²) in [6.07, 6.45) is 1.15. The number of aryl methyl sites for hydroxylation is 3. The molecule has 2 amide bonds. The number of primary amides is 1. The number of nitrogens with zero attached hydrogens (tertiary/aromatic N) is 3. The molecule has 162 valence electrons. The monoisotopic (exact) mass is 443 g/mol. The van der Waals surface area contributed by atoms with Gasteiger partial charge in [-0.1, -0.05) is 13.0 Å². The van der Waals surface area contributed by atoms with Crippen LogP contribution in [0, 0.1) is 24.0 Å². The molecule has 0 aliphatic carbocycles. The number of benzene rings is 1. The van der Waals surface area contributed by atoms with Gasteiger partial charge in [0.25, 0.3) is 17.2 Å². The summed E-state index contributed by atoms with van der Waals surface area (Å²) in [6.45, 7) is 4.93. The number of nitro groups is 1. The summed E-state index contributed by atoms with van der Waals surface area (Å²) in [7, 11) is 0. The van der Waals surface area contributed by atoms with Gasteiger partial charge in [0.2, 0.25) is 5.91 Å². The van der Waals surface area contributed by atoms with E-state index in [0.29, 0.717) is 40.3 Å². The topological polar surface area (TPSA) is 150 Å². The second-order valence-corrected chi connectivity index (χ2v) is 8.07. The zero-order valence-corrected chi connectivity index (χ0v) is 18.0. The van der Waals surface area contributed by atoms with Gasteiger partial charge < -0.3 is 11.1 Å². The third kappa shape index (κ3) is 4.31. The molecule has 0 bridgehead atoms. The van der Waals surface area contributed by atoms with Gasteiger partial charge in [0, 0.05) is 18.6 Å². The fraction of sp³-hybridized carbons (Fsp3) is 0.300. The minimum Gasteiger partial charge on any atom is -0.365 e. The Hall–Kier alpha value is -3.60. The lowest BCUT2D eigenvalue weighted by atomic mass is 10.2. The molecule has 0 radical (unpaired) electrons. The smallest absolute Gasteiger partial charge is 0.271 e. The Labute approximate surface area is 180 Å². The number of hydrogen-bond donors (Lipinski definition) is 2. The number of non-ortho nitro benzene ring substituents is 1. The summed E-state index contributed by atoms with van der Waals surface area (Å²) in [6, 6.07) is 4.16. The van der Waals surface area contributed by atoms with Crippen LogP contribution in [0.2, 0.25) is 0 Å². The summed E-state index contributed by atoms with van der Waals surface area (Å²) in [5.74, 6) is -0.738. The van der Waals surface area contributed by atoms with Crippen molar-refractivity contribution in [2.24, 2.45) is 5.73 Å². The van der Waals surface area contributed by atoms with Crippen molar-refractivity contribution in [3.05, 3.63) is 60.5 Å². The van der Waals surface area contributed by atoms with E-state index in [1.165, 1.54) is 22.8 Å². The molecular weight excluding hydrogens is 422 g/mol. The molecule has 3 rings (SSSR count). The lowest BCUT2D eigenvalue weighted by Crippen LogP contribution is -2.31. The maximum atomic E-state index is 13.2. The van der Waals surface area contributed by atoms with Crippen molar-refractivity contribution in [3.63, 3.8) is 0 Å². The van der Waals surface area contributed by atoms with Crippen LogP contribution >= 0.6 is 11.3 Å². The molecule has 0 atom stereocenters. The summed E-state index contributed by atoms with van der Waals surface area (Å²) in [5, 5.41) is 13.9. The highest BCUT2D eigenvalue weighted by Crippen LogP contribution is 2.27. The molecule has 3 aromatic rings. The highest BCUT2D eigenvalue weighted by molar-refractivity contribution is 7.20. The molecule has 0 aliphatic rings. The third-order valence-electron chi connectivity index (χ3n) is 4.83. The Morgan fingerprint density at radius 1 is 1.32 bits per heavy atom. The van der Waals surface area contributed by atoms with E-state index in [1.807, 2.05) is 6.92 Å². The van der Waals surface area contributed by atoms with Crippen LogP contribution < -0.4 is 16.6 Å². The average Bonchev–Trinajstić information content (AvgIpc) is 3.03. The molecule has 3 N–H and O–H groups in total. The minimum atomic E-state index is -0.637. The van der Waals surface area contributed by atoms with Crippen LogP contribution in [0.4, 0.5) is 11.4 Å². The highest BCUT2D eigenvalue weighted by Gasteiger charge is 2.21. The van der Waals surface area contributed by atoms with E-state index in [9.17, 15) is 24.5 Å². The molecule has 2 heterocycles. The molecule has 0 unspecified atom stereocenters. The van der Waals surface area contributed by atoms with Crippen LogP contribution in [0.5, 0.6) is 0 Å². The van der Waals surface area contributed by atoms with Crippen molar-refractivity contribution in [3.8, 4) is 0 Å². The van der Waals surface area contributed by atoms with Crippen LogP contribution in [0.25, 0.3) is 10.2 Å². The first-order valence-electron chi connectivity index (χ1n) is 9.51. The Kier molecular flexibility index (Phi) is 6.16. The molecule has 0 spiro atoms. The van der Waals surface area contributed by atoms with Gasteiger partial charge in [0.15, 0.2) is 0 Å². The first kappa shape index (κ1) is 22.1. The minimum absolute atomic E-state index is 0.152. The number of nitro benzene ring substituents is 1. The molecule has 2 aromatic heterocycles. The Morgan fingerprint density at radius 2 is 2.03 bits per heavy atom. The number of rotatable bonds is 7. The van der Waals surface area contributed by atoms with Gasteiger partial charge in [-0.05, 0) is 31.4 Å². The van der Waals surface area contributed by atoms with Gasteiger partial charge in [0.1, 0.15) is 17.2 Å². The summed E-state index contributed by atoms with van der Waals surface area (Å²) >= 11 is 1.06. The molecule has 0 saturated carbocycles. The van der Waals surface area contributed by atoms with Crippen molar-refractivity contribution >= 4 is 44.7 Å². The van der Waals surface area contributed by atoms with E-state index < -0.39 is 22.3 Å². The van der Waals surface area contributed by atoms with Crippen molar-refractivity contribution < 1.29 is 14.5 Å². The lowest BCUT2D eigenvalue weighted by Gasteiger charge is -2.13. The van der Waals surface area contributed by atoms with Crippen molar-refractivity contribution in [2.45, 2.75) is 40.2 Å². The van der Waals surface area contributed by atoms with E-state index in [1.54, 1.807) is 13.8 Å². The number of thiophene rings is 1. The molecule has 0 aliphatic heterocycles. The van der Waals surface area contributed by atoms with Gasteiger partial charge in [-0.3, -0.25) is 29.1 Å². The van der Waals surface area contributed by atoms with Crippen LogP contribution in [-0.2, 0) is 17.8 Å². The number of amides is 2. The van der Waals surface area contributed by atoms with Crippen LogP contribution in [0.15, 0.2) is 23.0 Å². The van der Waals surface area contributed by atoms with Crippen molar-refractivity contribution in [2.75, 3.05) is 5.32 Å². The maximum absolute atomic E-state index is 13.2. The molecule has 10 nitrogen and oxygen atoms in total. The number of aromatic nitrogens is 2. The quantitative estimate of drug-likeness (QED) is 0.423. The van der Waals surface area contributed by atoms with Gasteiger partial charge in [0.05, 0.1) is 20.9 Å². The maximum Gasteiger partial charge on any atom is 0.271 e. The normalized spacial score (nSPS) is 10.9. The van der Waals surface area contributed by atoms with E-state index in [0.717, 1.165) is 11.3 Å². The number of anilines is 1. The molecule has 1 aromatic carbocycles. The molecule has 31 heavy (non-hydrogen) atoms. The Bertz CT molecular complexity index is 1280. The Balaban J connectivity index is 2.02. The summed E-state index contributed by atoms with van der Waals surface area (Å²) in [5.41, 5.74) is 6.20. The van der Waals surface area contributed by atoms with E-state index in [2.05, 4.69) is 10.3 Å². The van der Waals surface area contributed by atoms with E-state index in [4.69, 9.17) is 5.73 Å². The number of carbonyl (C=O) groups excluding carboxylic acids is 2. The van der Waals surface area contributed by atoms with Crippen LogP contribution in [-0.4, -0.2) is 26.3 Å². The predicted octanol–water partition coefficient (Wildman–Crippen LogP) is 2.67. The largest absolute Gasteiger partial charge is 0.365 e.